The molecule has 1 fully saturated rings. The number of nitrogens with one attached hydrogen (secondary N) is 1. The molecule has 3 rings (SSSR count). The zero-order valence-corrected chi connectivity index (χ0v) is 15.5. The molecule has 2 aromatic rings. The molecule has 1 saturated heterocycles. The van der Waals surface area contributed by atoms with Crippen LogP contribution in [0.3, 0.4) is 0 Å². The predicted molar refractivity (Wildman–Crippen MR) is 102 cm³/mol. The van der Waals surface area contributed by atoms with Crippen LogP contribution in [-0.2, 0) is 4.74 Å². The van der Waals surface area contributed by atoms with Crippen LogP contribution >= 0.6 is 0 Å². The van der Waals surface area contributed by atoms with E-state index in [4.69, 9.17) is 10.00 Å². The summed E-state index contributed by atoms with van der Waals surface area (Å²) in [6.07, 6.45) is 1.04. The quantitative estimate of drug-likeness (QED) is 0.862. The van der Waals surface area contributed by atoms with Crippen LogP contribution in [0.15, 0.2) is 36.7 Å². The van der Waals surface area contributed by atoms with Gasteiger partial charge in [-0.05, 0) is 31.2 Å². The minimum absolute atomic E-state index is 0.238. The lowest BCUT2D eigenvalue weighted by atomic mass is 10.2. The number of amides is 2. The van der Waals surface area contributed by atoms with E-state index in [1.165, 1.54) is 6.33 Å². The molecule has 9 nitrogen and oxygen atoms in total. The molecule has 0 spiro atoms. The van der Waals surface area contributed by atoms with Gasteiger partial charge in [-0.3, -0.25) is 4.79 Å². The summed E-state index contributed by atoms with van der Waals surface area (Å²) >= 11 is 0. The van der Waals surface area contributed by atoms with Crippen molar-refractivity contribution in [1.82, 2.24) is 14.9 Å². The molecule has 9 heteroatoms. The van der Waals surface area contributed by atoms with Gasteiger partial charge in [0.15, 0.2) is 0 Å². The summed E-state index contributed by atoms with van der Waals surface area (Å²) in [4.78, 5) is 36.2. The zero-order chi connectivity index (χ0) is 19.9. The normalized spacial score (nSPS) is 13.6. The zero-order valence-electron chi connectivity index (χ0n) is 15.5. The van der Waals surface area contributed by atoms with Crippen molar-refractivity contribution in [2.45, 2.75) is 6.92 Å². The Labute approximate surface area is 162 Å². The van der Waals surface area contributed by atoms with Crippen molar-refractivity contribution in [2.75, 3.05) is 43.0 Å². The van der Waals surface area contributed by atoms with Crippen LogP contribution in [0.1, 0.15) is 23.0 Å². The second kappa shape index (κ2) is 8.81. The van der Waals surface area contributed by atoms with Crippen molar-refractivity contribution in [3.63, 3.8) is 0 Å². The first kappa shape index (κ1) is 19.1. The lowest BCUT2D eigenvalue weighted by Gasteiger charge is -2.34. The maximum atomic E-state index is 12.5. The highest BCUT2D eigenvalue weighted by atomic mass is 16.6. The summed E-state index contributed by atoms with van der Waals surface area (Å²) in [6.45, 7) is 4.35. The smallest absolute Gasteiger partial charge is 0.409 e. The van der Waals surface area contributed by atoms with E-state index in [0.29, 0.717) is 49.9 Å². The standard InChI is InChI=1S/C19H20N6O3/c1-2-28-19(27)25-9-7-24(8-10-25)17-11-16(21-13-22-17)18(26)23-15-5-3-14(12-20)4-6-15/h3-6,11,13H,2,7-10H2,1H3,(H,23,26). The van der Waals surface area contributed by atoms with Gasteiger partial charge in [-0.15, -0.1) is 0 Å². The van der Waals surface area contributed by atoms with Gasteiger partial charge < -0.3 is 19.9 Å². The van der Waals surface area contributed by atoms with Crippen molar-refractivity contribution in [1.29, 1.82) is 5.26 Å². The Balaban J connectivity index is 1.63. The van der Waals surface area contributed by atoms with Crippen molar-refractivity contribution < 1.29 is 14.3 Å². The third kappa shape index (κ3) is 4.54. The molecule has 0 radical (unpaired) electrons. The second-order valence-electron chi connectivity index (χ2n) is 6.08. The number of aromatic nitrogens is 2. The summed E-state index contributed by atoms with van der Waals surface area (Å²) in [5, 5.41) is 11.6. The van der Waals surface area contributed by atoms with Gasteiger partial charge in [0.2, 0.25) is 0 Å². The first-order chi connectivity index (χ1) is 13.6. The molecule has 0 atom stereocenters. The molecule has 1 aromatic heterocycles. The van der Waals surface area contributed by atoms with Gasteiger partial charge in [0.1, 0.15) is 17.8 Å². The number of piperazine rings is 1. The lowest BCUT2D eigenvalue weighted by Crippen LogP contribution is -2.49. The largest absolute Gasteiger partial charge is 0.450 e. The lowest BCUT2D eigenvalue weighted by molar-refractivity contribution is 0.102. The Kier molecular flexibility index (Phi) is 6.01. The molecule has 1 aromatic carbocycles. The van der Waals surface area contributed by atoms with Gasteiger partial charge in [0, 0.05) is 37.9 Å². The number of nitrogens with zero attached hydrogens (tertiary/aromatic N) is 5. The molecule has 144 valence electrons. The highest BCUT2D eigenvalue weighted by Gasteiger charge is 2.23. The van der Waals surface area contributed by atoms with E-state index in [1.54, 1.807) is 42.2 Å². The molecule has 28 heavy (non-hydrogen) atoms. The second-order valence-corrected chi connectivity index (χ2v) is 6.08. The van der Waals surface area contributed by atoms with Crippen molar-refractivity contribution in [2.24, 2.45) is 0 Å². The Morgan fingerprint density at radius 3 is 2.54 bits per heavy atom. The molecular formula is C19H20N6O3. The van der Waals surface area contributed by atoms with Crippen molar-refractivity contribution in [3.05, 3.63) is 47.9 Å². The van der Waals surface area contributed by atoms with E-state index in [1.807, 2.05) is 11.0 Å². The van der Waals surface area contributed by atoms with Crippen LogP contribution in [0.5, 0.6) is 0 Å². The number of ether oxygens (including phenoxy) is 1. The number of rotatable bonds is 4. The van der Waals surface area contributed by atoms with Crippen LogP contribution < -0.4 is 10.2 Å². The highest BCUT2D eigenvalue weighted by molar-refractivity contribution is 6.03. The first-order valence-electron chi connectivity index (χ1n) is 8.91. The number of nitriles is 1. The summed E-state index contributed by atoms with van der Waals surface area (Å²) in [5.74, 6) is 0.266. The molecule has 1 aliphatic rings. The molecule has 0 unspecified atom stereocenters. The van der Waals surface area contributed by atoms with E-state index >= 15 is 0 Å². The van der Waals surface area contributed by atoms with Crippen molar-refractivity contribution >= 4 is 23.5 Å². The topological polar surface area (TPSA) is 111 Å². The van der Waals surface area contributed by atoms with Crippen LogP contribution in [0.4, 0.5) is 16.3 Å². The predicted octanol–water partition coefficient (Wildman–Crippen LogP) is 1.88. The molecule has 2 heterocycles. The fraction of sp³-hybridized carbons (Fsp3) is 0.316. The molecule has 1 aliphatic heterocycles. The Morgan fingerprint density at radius 2 is 1.89 bits per heavy atom. The third-order valence-electron chi connectivity index (χ3n) is 4.29. The average molecular weight is 380 g/mol. The van der Waals surface area contributed by atoms with Gasteiger partial charge in [0.05, 0.1) is 18.2 Å². The van der Waals surface area contributed by atoms with E-state index in [9.17, 15) is 9.59 Å². The van der Waals surface area contributed by atoms with Crippen LogP contribution in [0, 0.1) is 11.3 Å². The maximum Gasteiger partial charge on any atom is 0.409 e. The summed E-state index contributed by atoms with van der Waals surface area (Å²) in [7, 11) is 0. The monoisotopic (exact) mass is 380 g/mol. The van der Waals surface area contributed by atoms with E-state index < -0.39 is 0 Å². The number of hydrogen-bond acceptors (Lipinski definition) is 7. The third-order valence-corrected chi connectivity index (χ3v) is 4.29. The van der Waals surface area contributed by atoms with Gasteiger partial charge in [-0.1, -0.05) is 0 Å². The molecule has 0 bridgehead atoms. The van der Waals surface area contributed by atoms with Gasteiger partial charge in [-0.25, -0.2) is 14.8 Å². The first-order valence-corrected chi connectivity index (χ1v) is 8.91. The fourth-order valence-electron chi connectivity index (χ4n) is 2.80. The molecule has 0 saturated carbocycles. The van der Waals surface area contributed by atoms with Crippen molar-refractivity contribution in [3.8, 4) is 6.07 Å². The van der Waals surface area contributed by atoms with Crippen LogP contribution in [-0.4, -0.2) is 59.7 Å². The number of hydrogen-bond donors (Lipinski definition) is 1. The van der Waals surface area contributed by atoms with E-state index in [-0.39, 0.29) is 17.7 Å². The average Bonchev–Trinajstić information content (AvgIpc) is 2.74. The summed E-state index contributed by atoms with van der Waals surface area (Å²) in [6, 6.07) is 10.2. The van der Waals surface area contributed by atoms with Gasteiger partial charge in [0.25, 0.3) is 5.91 Å². The SMILES string of the molecule is CCOC(=O)N1CCN(c2cc(C(=O)Nc3ccc(C#N)cc3)ncn2)CC1. The summed E-state index contributed by atoms with van der Waals surface area (Å²) < 4.78 is 5.02. The van der Waals surface area contributed by atoms with E-state index in [2.05, 4.69) is 15.3 Å². The number of carbonyl (C=O) groups excluding carboxylic acids is 2. The number of benzene rings is 1. The minimum Gasteiger partial charge on any atom is -0.450 e. The Hall–Kier alpha value is -3.67. The van der Waals surface area contributed by atoms with Crippen LogP contribution in [0.25, 0.3) is 0 Å². The van der Waals surface area contributed by atoms with Gasteiger partial charge >= 0.3 is 6.09 Å². The number of anilines is 2. The summed E-state index contributed by atoms with van der Waals surface area (Å²) in [5.41, 5.74) is 1.33. The molecular weight excluding hydrogens is 360 g/mol. The minimum atomic E-state index is -0.362. The highest BCUT2D eigenvalue weighted by Crippen LogP contribution is 2.16. The maximum absolute atomic E-state index is 12.5. The van der Waals surface area contributed by atoms with Crippen LogP contribution in [0.2, 0.25) is 0 Å². The fourth-order valence-corrected chi connectivity index (χ4v) is 2.80. The molecule has 2 amide bonds. The Morgan fingerprint density at radius 1 is 1.18 bits per heavy atom. The van der Waals surface area contributed by atoms with E-state index in [0.717, 1.165) is 0 Å². The molecule has 1 N–H and O–H groups in total. The van der Waals surface area contributed by atoms with Gasteiger partial charge in [-0.2, -0.15) is 5.26 Å². The Bertz CT molecular complexity index is 885. The number of carbonyl (C=O) groups is 2. The molecule has 0 aliphatic carbocycles.